The molecule has 0 spiro atoms. The molecule has 0 aliphatic carbocycles. The van der Waals surface area contributed by atoms with Crippen LogP contribution in [0.2, 0.25) is 0 Å². The van der Waals surface area contributed by atoms with Crippen LogP contribution in [0.15, 0.2) is 30.3 Å². The first kappa shape index (κ1) is 12.9. The highest BCUT2D eigenvalue weighted by Crippen LogP contribution is 2.18. The molecule has 0 aromatic heterocycles. The van der Waals surface area contributed by atoms with Crippen molar-refractivity contribution >= 4 is 6.09 Å². The molecule has 0 radical (unpaired) electrons. The summed E-state index contributed by atoms with van der Waals surface area (Å²) in [5.74, 6) is 1.14. The smallest absolute Gasteiger partial charge is 0.410 e. The number of carbonyl (C=O) groups excluding carboxylic acids is 1. The van der Waals surface area contributed by atoms with E-state index in [1.807, 2.05) is 25.2 Å². The maximum Gasteiger partial charge on any atom is 0.415 e. The standard InChI is InChI=1S/C14H20N2O2/c1-15-10-12-6-5-9-16(11-12)14(17)18-13-7-3-2-4-8-13/h2-4,7-8,12,15H,5-6,9-11H2,1H3. The minimum atomic E-state index is -0.234. The van der Waals surface area contributed by atoms with E-state index < -0.39 is 0 Å². The lowest BCUT2D eigenvalue weighted by Crippen LogP contribution is -2.43. The van der Waals surface area contributed by atoms with Crippen molar-refractivity contribution < 1.29 is 9.53 Å². The van der Waals surface area contributed by atoms with E-state index >= 15 is 0 Å². The summed E-state index contributed by atoms with van der Waals surface area (Å²) >= 11 is 0. The van der Waals surface area contributed by atoms with Crippen molar-refractivity contribution in [2.45, 2.75) is 12.8 Å². The lowest BCUT2D eigenvalue weighted by atomic mass is 9.98. The molecule has 1 saturated heterocycles. The van der Waals surface area contributed by atoms with E-state index in [-0.39, 0.29) is 6.09 Å². The Hall–Kier alpha value is -1.55. The van der Waals surface area contributed by atoms with Gasteiger partial charge in [-0.25, -0.2) is 4.79 Å². The van der Waals surface area contributed by atoms with Gasteiger partial charge in [0.15, 0.2) is 0 Å². The van der Waals surface area contributed by atoms with E-state index in [4.69, 9.17) is 4.74 Å². The van der Waals surface area contributed by atoms with Crippen molar-refractivity contribution in [1.82, 2.24) is 10.2 Å². The third-order valence-corrected chi connectivity index (χ3v) is 3.22. The molecule has 2 rings (SSSR count). The van der Waals surface area contributed by atoms with E-state index in [2.05, 4.69) is 5.32 Å². The van der Waals surface area contributed by atoms with Gasteiger partial charge < -0.3 is 15.0 Å². The number of ether oxygens (including phenoxy) is 1. The number of nitrogens with one attached hydrogen (secondary N) is 1. The Balaban J connectivity index is 1.88. The van der Waals surface area contributed by atoms with E-state index in [1.54, 1.807) is 17.0 Å². The highest BCUT2D eigenvalue weighted by atomic mass is 16.6. The first-order valence-corrected chi connectivity index (χ1v) is 6.46. The average Bonchev–Trinajstić information content (AvgIpc) is 2.40. The number of rotatable bonds is 3. The average molecular weight is 248 g/mol. The first-order valence-electron chi connectivity index (χ1n) is 6.46. The van der Waals surface area contributed by atoms with Gasteiger partial charge in [0.05, 0.1) is 0 Å². The van der Waals surface area contributed by atoms with Crippen molar-refractivity contribution in [2.24, 2.45) is 5.92 Å². The summed E-state index contributed by atoms with van der Waals surface area (Å²) in [6, 6.07) is 9.23. The summed E-state index contributed by atoms with van der Waals surface area (Å²) in [5.41, 5.74) is 0. The molecule has 4 heteroatoms. The van der Waals surface area contributed by atoms with Gasteiger partial charge in [0.2, 0.25) is 0 Å². The van der Waals surface area contributed by atoms with Crippen LogP contribution in [-0.4, -0.2) is 37.7 Å². The Labute approximate surface area is 108 Å². The van der Waals surface area contributed by atoms with Gasteiger partial charge >= 0.3 is 6.09 Å². The van der Waals surface area contributed by atoms with Gasteiger partial charge in [-0.2, -0.15) is 0 Å². The van der Waals surface area contributed by atoms with E-state index in [1.165, 1.54) is 6.42 Å². The van der Waals surface area contributed by atoms with Crippen molar-refractivity contribution in [2.75, 3.05) is 26.7 Å². The van der Waals surface area contributed by atoms with Crippen LogP contribution < -0.4 is 10.1 Å². The predicted molar refractivity (Wildman–Crippen MR) is 70.7 cm³/mol. The summed E-state index contributed by atoms with van der Waals surface area (Å²) < 4.78 is 5.35. The van der Waals surface area contributed by atoms with Crippen LogP contribution in [0.25, 0.3) is 0 Å². The van der Waals surface area contributed by atoms with Gasteiger partial charge in [0, 0.05) is 13.1 Å². The molecule has 1 fully saturated rings. The summed E-state index contributed by atoms with van der Waals surface area (Å²) in [5, 5.41) is 3.17. The molecule has 1 aromatic rings. The summed E-state index contributed by atoms with van der Waals surface area (Å²) in [6.07, 6.45) is 1.99. The Bertz CT molecular complexity index is 379. The third kappa shape index (κ3) is 3.47. The quantitative estimate of drug-likeness (QED) is 0.891. The Morgan fingerprint density at radius 2 is 2.22 bits per heavy atom. The molecule has 1 N–H and O–H groups in total. The second-order valence-corrected chi connectivity index (χ2v) is 4.69. The number of hydrogen-bond acceptors (Lipinski definition) is 3. The van der Waals surface area contributed by atoms with Crippen molar-refractivity contribution in [3.05, 3.63) is 30.3 Å². The number of carbonyl (C=O) groups is 1. The topological polar surface area (TPSA) is 41.6 Å². The van der Waals surface area contributed by atoms with E-state index in [0.29, 0.717) is 11.7 Å². The number of hydrogen-bond donors (Lipinski definition) is 1. The number of likely N-dealkylation sites (tertiary alicyclic amines) is 1. The van der Waals surface area contributed by atoms with E-state index in [9.17, 15) is 4.79 Å². The number of benzene rings is 1. The van der Waals surface area contributed by atoms with Crippen LogP contribution in [-0.2, 0) is 0 Å². The van der Waals surface area contributed by atoms with Crippen LogP contribution in [0.4, 0.5) is 4.79 Å². The molecule has 1 unspecified atom stereocenters. The zero-order valence-electron chi connectivity index (χ0n) is 10.8. The van der Waals surface area contributed by atoms with Gasteiger partial charge in [-0.05, 0) is 44.5 Å². The van der Waals surface area contributed by atoms with Crippen LogP contribution in [0.5, 0.6) is 5.75 Å². The number of nitrogens with zero attached hydrogens (tertiary/aromatic N) is 1. The molecule has 1 aliphatic heterocycles. The molecule has 1 aromatic carbocycles. The maximum atomic E-state index is 12.0. The molecule has 98 valence electrons. The van der Waals surface area contributed by atoms with Crippen LogP contribution in [0.3, 0.4) is 0 Å². The minimum Gasteiger partial charge on any atom is -0.410 e. The van der Waals surface area contributed by atoms with Gasteiger partial charge in [0.25, 0.3) is 0 Å². The second kappa shape index (κ2) is 6.40. The van der Waals surface area contributed by atoms with Crippen molar-refractivity contribution in [1.29, 1.82) is 0 Å². The lowest BCUT2D eigenvalue weighted by molar-refractivity contribution is 0.126. The SMILES string of the molecule is CNCC1CCCN(C(=O)Oc2ccccc2)C1. The number of amides is 1. The van der Waals surface area contributed by atoms with Crippen LogP contribution in [0.1, 0.15) is 12.8 Å². The van der Waals surface area contributed by atoms with Crippen molar-refractivity contribution in [3.8, 4) is 5.75 Å². The Morgan fingerprint density at radius 3 is 2.94 bits per heavy atom. The molecule has 0 bridgehead atoms. The van der Waals surface area contributed by atoms with Gasteiger partial charge in [-0.1, -0.05) is 18.2 Å². The molecule has 18 heavy (non-hydrogen) atoms. The summed E-state index contributed by atoms with van der Waals surface area (Å²) in [4.78, 5) is 13.8. The summed E-state index contributed by atoms with van der Waals surface area (Å²) in [7, 11) is 1.95. The highest BCUT2D eigenvalue weighted by Gasteiger charge is 2.24. The molecular formula is C14H20N2O2. The molecule has 1 amide bonds. The molecule has 4 nitrogen and oxygen atoms in total. The zero-order chi connectivity index (χ0) is 12.8. The zero-order valence-corrected chi connectivity index (χ0v) is 10.8. The summed E-state index contributed by atoms with van der Waals surface area (Å²) in [6.45, 7) is 2.54. The molecule has 1 heterocycles. The fourth-order valence-electron chi connectivity index (χ4n) is 2.34. The largest absolute Gasteiger partial charge is 0.415 e. The fraction of sp³-hybridized carbons (Fsp3) is 0.500. The molecule has 0 saturated carbocycles. The first-order chi connectivity index (χ1) is 8.79. The van der Waals surface area contributed by atoms with Crippen LogP contribution in [0, 0.1) is 5.92 Å². The number of para-hydroxylation sites is 1. The predicted octanol–water partition coefficient (Wildman–Crippen LogP) is 2.12. The van der Waals surface area contributed by atoms with E-state index in [0.717, 1.165) is 26.1 Å². The molecule has 1 aliphatic rings. The van der Waals surface area contributed by atoms with Crippen LogP contribution >= 0.6 is 0 Å². The molecule has 1 atom stereocenters. The van der Waals surface area contributed by atoms with Gasteiger partial charge in [-0.15, -0.1) is 0 Å². The van der Waals surface area contributed by atoms with Gasteiger partial charge in [-0.3, -0.25) is 0 Å². The lowest BCUT2D eigenvalue weighted by Gasteiger charge is -2.31. The Kier molecular flexibility index (Phi) is 4.59. The highest BCUT2D eigenvalue weighted by molar-refractivity contribution is 5.70. The normalized spacial score (nSPS) is 19.6. The fourth-order valence-corrected chi connectivity index (χ4v) is 2.34. The monoisotopic (exact) mass is 248 g/mol. The molecular weight excluding hydrogens is 228 g/mol. The van der Waals surface area contributed by atoms with Crippen molar-refractivity contribution in [3.63, 3.8) is 0 Å². The Morgan fingerprint density at radius 1 is 1.44 bits per heavy atom. The maximum absolute atomic E-state index is 12.0. The third-order valence-electron chi connectivity index (χ3n) is 3.22. The minimum absolute atomic E-state index is 0.234. The second-order valence-electron chi connectivity index (χ2n) is 4.69. The number of piperidine rings is 1. The van der Waals surface area contributed by atoms with Gasteiger partial charge in [0.1, 0.15) is 5.75 Å².